The Bertz CT molecular complexity index is 1090. The molecule has 0 radical (unpaired) electrons. The van der Waals surface area contributed by atoms with E-state index < -0.39 is 0 Å². The average Bonchev–Trinajstić information content (AvgIpc) is 2.67. The zero-order valence-corrected chi connectivity index (χ0v) is 14.2. The Hall–Kier alpha value is -3.60. The minimum absolute atomic E-state index is 0.256. The number of carbonyl (C=O) groups is 1. The third-order valence-electron chi connectivity index (χ3n) is 4.04. The minimum atomic E-state index is -0.256. The van der Waals surface area contributed by atoms with Gasteiger partial charge in [0.05, 0.1) is 16.8 Å². The van der Waals surface area contributed by atoms with Gasteiger partial charge in [0.25, 0.3) is 5.91 Å². The van der Waals surface area contributed by atoms with E-state index in [0.29, 0.717) is 5.56 Å². The second kappa shape index (κ2) is 6.72. The van der Waals surface area contributed by atoms with Crippen LogP contribution in [0.3, 0.4) is 0 Å². The summed E-state index contributed by atoms with van der Waals surface area (Å²) in [7, 11) is 0. The molecule has 0 bridgehead atoms. The number of nitrogens with zero attached hydrogens (tertiary/aromatic N) is 3. The van der Waals surface area contributed by atoms with Crippen LogP contribution in [0.15, 0.2) is 72.9 Å². The van der Waals surface area contributed by atoms with Gasteiger partial charge in [0.2, 0.25) is 5.95 Å². The summed E-state index contributed by atoms with van der Waals surface area (Å²) in [6.45, 7) is 1.88. The first kappa shape index (κ1) is 15.9. The van der Waals surface area contributed by atoms with Crippen molar-refractivity contribution in [2.24, 2.45) is 0 Å². The molecule has 1 amide bonds. The van der Waals surface area contributed by atoms with Crippen LogP contribution in [-0.2, 0) is 0 Å². The van der Waals surface area contributed by atoms with Crippen LogP contribution in [0.1, 0.15) is 16.1 Å². The maximum absolute atomic E-state index is 12.8. The van der Waals surface area contributed by atoms with E-state index in [9.17, 15) is 4.79 Å². The number of para-hydroxylation sites is 1. The molecule has 126 valence electrons. The quantitative estimate of drug-likeness (QED) is 0.605. The molecule has 0 unspecified atom stereocenters. The fourth-order valence-electron chi connectivity index (χ4n) is 2.84. The minimum Gasteiger partial charge on any atom is -0.290 e. The summed E-state index contributed by atoms with van der Waals surface area (Å²) in [5.41, 5.74) is 3.85. The maximum Gasteiger partial charge on any atom is 0.258 e. The molecule has 5 nitrogen and oxygen atoms in total. The highest BCUT2D eigenvalue weighted by molar-refractivity contribution is 6.11. The molecule has 0 aliphatic rings. The van der Waals surface area contributed by atoms with E-state index in [4.69, 9.17) is 0 Å². The standard InChI is InChI=1S/C21H16N4O/c1-14-13-19(15-7-3-2-4-8-15)24-21(23-14)25-20(26)17-11-12-22-18-10-6-5-9-16(17)18/h2-13H,1H3,(H,23,24,25,26). The third-order valence-corrected chi connectivity index (χ3v) is 4.04. The van der Waals surface area contributed by atoms with Crippen molar-refractivity contribution in [1.82, 2.24) is 15.0 Å². The van der Waals surface area contributed by atoms with Gasteiger partial charge < -0.3 is 0 Å². The number of fused-ring (bicyclic) bond motifs is 1. The smallest absolute Gasteiger partial charge is 0.258 e. The topological polar surface area (TPSA) is 67.8 Å². The lowest BCUT2D eigenvalue weighted by Gasteiger charge is -2.09. The number of hydrogen-bond acceptors (Lipinski definition) is 4. The Labute approximate surface area is 150 Å². The number of benzene rings is 2. The molecular formula is C21H16N4O. The summed E-state index contributed by atoms with van der Waals surface area (Å²) >= 11 is 0. The number of hydrogen-bond donors (Lipinski definition) is 1. The van der Waals surface area contributed by atoms with Crippen molar-refractivity contribution in [3.63, 3.8) is 0 Å². The molecule has 0 spiro atoms. The first-order valence-corrected chi connectivity index (χ1v) is 8.27. The molecule has 0 saturated carbocycles. The van der Waals surface area contributed by atoms with Gasteiger partial charge in [-0.25, -0.2) is 9.97 Å². The molecule has 4 aromatic rings. The van der Waals surface area contributed by atoms with Crippen LogP contribution in [0.4, 0.5) is 5.95 Å². The second-order valence-electron chi connectivity index (χ2n) is 5.91. The van der Waals surface area contributed by atoms with Gasteiger partial charge in [-0.2, -0.15) is 0 Å². The first-order valence-electron chi connectivity index (χ1n) is 8.27. The third kappa shape index (κ3) is 3.15. The monoisotopic (exact) mass is 340 g/mol. The molecule has 2 heterocycles. The molecule has 26 heavy (non-hydrogen) atoms. The number of pyridine rings is 1. The summed E-state index contributed by atoms with van der Waals surface area (Å²) in [5.74, 6) is 0.0305. The molecule has 5 heteroatoms. The van der Waals surface area contributed by atoms with Gasteiger partial charge in [-0.1, -0.05) is 48.5 Å². The average molecular weight is 340 g/mol. The normalized spacial score (nSPS) is 10.7. The Kier molecular flexibility index (Phi) is 4.11. The zero-order chi connectivity index (χ0) is 17.9. The zero-order valence-electron chi connectivity index (χ0n) is 14.2. The molecule has 0 aliphatic carbocycles. The van der Waals surface area contributed by atoms with Crippen LogP contribution in [0.2, 0.25) is 0 Å². The summed E-state index contributed by atoms with van der Waals surface area (Å²) in [6.07, 6.45) is 1.63. The molecule has 0 aliphatic heterocycles. The predicted molar refractivity (Wildman–Crippen MR) is 102 cm³/mol. The predicted octanol–water partition coefficient (Wildman–Crippen LogP) is 4.25. The highest BCUT2D eigenvalue weighted by atomic mass is 16.1. The lowest BCUT2D eigenvalue weighted by atomic mass is 10.1. The molecule has 2 aromatic heterocycles. The van der Waals surface area contributed by atoms with Crippen molar-refractivity contribution in [1.29, 1.82) is 0 Å². The molecule has 2 aromatic carbocycles. The number of aryl methyl sites for hydroxylation is 1. The Balaban J connectivity index is 1.69. The molecule has 0 fully saturated rings. The summed E-state index contributed by atoms with van der Waals surface area (Å²) in [5, 5.41) is 3.61. The highest BCUT2D eigenvalue weighted by Gasteiger charge is 2.13. The van der Waals surface area contributed by atoms with Crippen LogP contribution in [0.5, 0.6) is 0 Å². The second-order valence-corrected chi connectivity index (χ2v) is 5.91. The lowest BCUT2D eigenvalue weighted by Crippen LogP contribution is -2.15. The SMILES string of the molecule is Cc1cc(-c2ccccc2)nc(NC(=O)c2ccnc3ccccc23)n1. The Morgan fingerprint density at radius 3 is 2.54 bits per heavy atom. The maximum atomic E-state index is 12.8. The van der Waals surface area contributed by atoms with Crippen molar-refractivity contribution >= 4 is 22.8 Å². The van der Waals surface area contributed by atoms with Gasteiger partial charge in [-0.05, 0) is 25.1 Å². The van der Waals surface area contributed by atoms with E-state index in [2.05, 4.69) is 20.3 Å². The van der Waals surface area contributed by atoms with E-state index in [1.165, 1.54) is 0 Å². The van der Waals surface area contributed by atoms with E-state index in [0.717, 1.165) is 27.9 Å². The summed E-state index contributed by atoms with van der Waals surface area (Å²) < 4.78 is 0. The highest BCUT2D eigenvalue weighted by Crippen LogP contribution is 2.20. The van der Waals surface area contributed by atoms with Crippen molar-refractivity contribution in [3.05, 3.63) is 84.2 Å². The van der Waals surface area contributed by atoms with Gasteiger partial charge in [-0.3, -0.25) is 15.1 Å². The van der Waals surface area contributed by atoms with E-state index in [1.807, 2.05) is 67.6 Å². The van der Waals surface area contributed by atoms with Gasteiger partial charge in [0.1, 0.15) is 0 Å². The summed E-state index contributed by atoms with van der Waals surface area (Å²) in [6, 6.07) is 20.9. The van der Waals surface area contributed by atoms with Crippen LogP contribution in [0.25, 0.3) is 22.2 Å². The number of aromatic nitrogens is 3. The number of nitrogens with one attached hydrogen (secondary N) is 1. The van der Waals surface area contributed by atoms with Crippen LogP contribution in [0, 0.1) is 6.92 Å². The van der Waals surface area contributed by atoms with E-state index in [1.54, 1.807) is 12.3 Å². The molecule has 0 atom stereocenters. The van der Waals surface area contributed by atoms with Crippen LogP contribution >= 0.6 is 0 Å². The van der Waals surface area contributed by atoms with Gasteiger partial charge in [0.15, 0.2) is 0 Å². The van der Waals surface area contributed by atoms with E-state index >= 15 is 0 Å². The van der Waals surface area contributed by atoms with Gasteiger partial charge >= 0.3 is 0 Å². The molecule has 4 rings (SSSR count). The van der Waals surface area contributed by atoms with Crippen molar-refractivity contribution < 1.29 is 4.79 Å². The Morgan fingerprint density at radius 1 is 0.923 bits per heavy atom. The Morgan fingerprint density at radius 2 is 1.69 bits per heavy atom. The molecule has 0 saturated heterocycles. The fourth-order valence-corrected chi connectivity index (χ4v) is 2.84. The fraction of sp³-hybridized carbons (Fsp3) is 0.0476. The van der Waals surface area contributed by atoms with E-state index in [-0.39, 0.29) is 11.9 Å². The number of rotatable bonds is 3. The van der Waals surface area contributed by atoms with Crippen LogP contribution in [-0.4, -0.2) is 20.9 Å². The lowest BCUT2D eigenvalue weighted by molar-refractivity contribution is 0.102. The number of carbonyl (C=O) groups excluding carboxylic acids is 1. The van der Waals surface area contributed by atoms with Crippen molar-refractivity contribution in [2.75, 3.05) is 5.32 Å². The first-order chi connectivity index (χ1) is 12.7. The molecule has 1 N–H and O–H groups in total. The van der Waals surface area contributed by atoms with Crippen molar-refractivity contribution in [3.8, 4) is 11.3 Å². The van der Waals surface area contributed by atoms with Crippen LogP contribution < -0.4 is 5.32 Å². The number of amides is 1. The largest absolute Gasteiger partial charge is 0.290 e. The molecular weight excluding hydrogens is 324 g/mol. The summed E-state index contributed by atoms with van der Waals surface area (Å²) in [4.78, 5) is 25.9. The number of anilines is 1. The van der Waals surface area contributed by atoms with Gasteiger partial charge in [0, 0.05) is 22.8 Å². The van der Waals surface area contributed by atoms with Gasteiger partial charge in [-0.15, -0.1) is 0 Å². The van der Waals surface area contributed by atoms with Crippen molar-refractivity contribution in [2.45, 2.75) is 6.92 Å².